The second kappa shape index (κ2) is 13.9. The van der Waals surface area contributed by atoms with Crippen molar-refractivity contribution in [1.29, 1.82) is 0 Å². The highest BCUT2D eigenvalue weighted by Crippen LogP contribution is 2.56. The maximum absolute atomic E-state index is 14.2. The summed E-state index contributed by atoms with van der Waals surface area (Å²) in [7, 11) is 5.73. The minimum Gasteiger partial charge on any atom is -0.496 e. The van der Waals surface area contributed by atoms with Crippen LogP contribution in [-0.4, -0.2) is 62.8 Å². The number of allylic oxidation sites excluding steroid dienone is 2. The third kappa shape index (κ3) is 5.57. The molecule has 2 heterocycles. The van der Waals surface area contributed by atoms with Gasteiger partial charge in [0, 0.05) is 49.0 Å². The molecule has 0 amide bonds. The lowest BCUT2D eigenvalue weighted by Crippen LogP contribution is -2.51. The molecule has 4 aliphatic rings. The summed E-state index contributed by atoms with van der Waals surface area (Å²) in [6.45, 7) is 3.47. The molecule has 0 radical (unpaired) electrons. The van der Waals surface area contributed by atoms with Crippen LogP contribution in [0.5, 0.6) is 34.5 Å². The Balaban J connectivity index is 1.10. The van der Waals surface area contributed by atoms with Crippen LogP contribution < -0.4 is 28.4 Å². The first-order valence-electron chi connectivity index (χ1n) is 17.0. The molecule has 14 heteroatoms. The van der Waals surface area contributed by atoms with Crippen molar-refractivity contribution in [3.05, 3.63) is 92.4 Å². The van der Waals surface area contributed by atoms with Gasteiger partial charge in [-0.1, -0.05) is 61.3 Å². The van der Waals surface area contributed by atoms with Gasteiger partial charge in [-0.3, -0.25) is 19.2 Å². The molecule has 0 unspecified atom stereocenters. The molecule has 3 aromatic rings. The van der Waals surface area contributed by atoms with Gasteiger partial charge in [0.15, 0.2) is 34.6 Å². The molecule has 4 atom stereocenters. The molecular weight excluding hydrogens is 743 g/mol. The number of hydrogen-bond donors (Lipinski definition) is 0. The Morgan fingerprint density at radius 1 is 0.611 bits per heavy atom. The van der Waals surface area contributed by atoms with E-state index < -0.39 is 34.6 Å². The first-order valence-corrected chi connectivity index (χ1v) is 17.8. The third-order valence-corrected chi connectivity index (χ3v) is 11.1. The number of Topliss-reactive ketones (excluding diaryl/α,β-unsaturated/α-hetero) is 2. The van der Waals surface area contributed by atoms with Crippen molar-refractivity contribution < 1.29 is 57.1 Å². The Morgan fingerprint density at radius 3 is 1.30 bits per heavy atom. The van der Waals surface area contributed by atoms with Gasteiger partial charge in [-0.2, -0.15) is 0 Å². The van der Waals surface area contributed by atoms with E-state index in [0.717, 1.165) is 0 Å². The van der Waals surface area contributed by atoms with E-state index in [2.05, 4.69) is 0 Å². The quantitative estimate of drug-likeness (QED) is 0.208. The number of ketones is 4. The maximum atomic E-state index is 14.2. The molecule has 12 nitrogen and oxygen atoms in total. The average Bonchev–Trinajstić information content (AvgIpc) is 3.64. The minimum atomic E-state index is -1.65. The lowest BCUT2D eigenvalue weighted by Gasteiger charge is -2.37. The minimum absolute atomic E-state index is 0.0111. The van der Waals surface area contributed by atoms with Gasteiger partial charge in [0.2, 0.25) is 22.8 Å². The number of carbonyl (C=O) groups is 4. The van der Waals surface area contributed by atoms with Crippen molar-refractivity contribution >= 4 is 46.3 Å². The average molecular weight is 780 g/mol. The largest absolute Gasteiger partial charge is 0.496 e. The SMILES string of the molecule is COc1cc(OC)c2c(c1Cl)O[C@]1(C2=O)C(OCc2ccc(COC3=CC(=O)C[C@@H](C)[C@]34Oc3c(Cl)c(OC)cc(OC)c3C4=O)cc2)=CC(=O)C[C@H]1C. The zero-order valence-electron chi connectivity index (χ0n) is 30.3. The fourth-order valence-electron chi connectivity index (χ4n) is 7.53. The van der Waals surface area contributed by atoms with Gasteiger partial charge in [0.1, 0.15) is 57.4 Å². The fourth-order valence-corrected chi connectivity index (χ4v) is 8.06. The Labute approximate surface area is 320 Å². The van der Waals surface area contributed by atoms with Gasteiger partial charge in [-0.25, -0.2) is 0 Å². The summed E-state index contributed by atoms with van der Waals surface area (Å²) in [5, 5.41) is 0.205. The van der Waals surface area contributed by atoms with Crippen LogP contribution in [0.25, 0.3) is 0 Å². The summed E-state index contributed by atoms with van der Waals surface area (Å²) in [6.07, 6.45) is 2.70. The van der Waals surface area contributed by atoms with Crippen LogP contribution in [0.2, 0.25) is 10.0 Å². The molecule has 2 aliphatic carbocycles. The molecule has 3 aromatic carbocycles. The fraction of sp³-hybridized carbons (Fsp3) is 0.350. The normalized spacial score (nSPS) is 24.0. The zero-order chi connectivity index (χ0) is 38.7. The van der Waals surface area contributed by atoms with Gasteiger partial charge < -0.3 is 37.9 Å². The Morgan fingerprint density at radius 2 is 0.963 bits per heavy atom. The van der Waals surface area contributed by atoms with Crippen LogP contribution in [0.15, 0.2) is 60.1 Å². The second-order valence-electron chi connectivity index (χ2n) is 13.5. The lowest BCUT2D eigenvalue weighted by atomic mass is 9.75. The van der Waals surface area contributed by atoms with E-state index in [1.807, 2.05) is 0 Å². The Hall–Kier alpha value is -5.20. The van der Waals surface area contributed by atoms with E-state index in [1.165, 1.54) is 52.7 Å². The Bertz CT molecular complexity index is 2020. The summed E-state index contributed by atoms with van der Waals surface area (Å²) < 4.78 is 46.9. The molecule has 0 aromatic heterocycles. The monoisotopic (exact) mass is 778 g/mol. The molecule has 0 saturated carbocycles. The van der Waals surface area contributed by atoms with Gasteiger partial charge in [0.05, 0.1) is 28.4 Å². The van der Waals surface area contributed by atoms with E-state index in [-0.39, 0.29) is 105 Å². The number of rotatable bonds is 10. The molecule has 7 rings (SSSR count). The third-order valence-electron chi connectivity index (χ3n) is 10.4. The number of hydrogen-bond acceptors (Lipinski definition) is 12. The van der Waals surface area contributed by atoms with Crippen molar-refractivity contribution in [2.45, 2.75) is 51.1 Å². The number of fused-ring (bicyclic) bond motifs is 2. The molecule has 54 heavy (non-hydrogen) atoms. The number of benzene rings is 3. The van der Waals surface area contributed by atoms with E-state index in [9.17, 15) is 19.2 Å². The van der Waals surface area contributed by atoms with E-state index in [0.29, 0.717) is 11.1 Å². The van der Waals surface area contributed by atoms with Crippen LogP contribution in [0.4, 0.5) is 0 Å². The van der Waals surface area contributed by atoms with Gasteiger partial charge in [0.25, 0.3) is 0 Å². The standard InChI is InChI=1S/C40H36Cl2O12/c1-19-11-23(43)13-29(39(19)37(45)31-25(47-3)15-27(49-5)33(41)35(31)53-39)51-17-21-7-9-22(10-8-21)18-52-30-14-24(44)12-20(2)40(30)38(46)32-26(48-4)16-28(50-6)34(42)36(32)54-40/h7-10,13-16,19-20H,11-12,17-18H2,1-6H3/t19-,20-,39+,40+/m1/s1. The van der Waals surface area contributed by atoms with Gasteiger partial charge in [-0.05, 0) is 11.1 Å². The maximum Gasteiger partial charge on any atom is 0.231 e. The predicted octanol–water partition coefficient (Wildman–Crippen LogP) is 7.07. The van der Waals surface area contributed by atoms with Gasteiger partial charge in [-0.15, -0.1) is 0 Å². The summed E-state index contributed by atoms with van der Waals surface area (Å²) in [5.41, 5.74) is -1.60. The summed E-state index contributed by atoms with van der Waals surface area (Å²) in [6, 6.07) is 10.2. The number of ether oxygens (including phenoxy) is 8. The van der Waals surface area contributed by atoms with Crippen LogP contribution >= 0.6 is 23.2 Å². The van der Waals surface area contributed by atoms with E-state index in [1.54, 1.807) is 38.1 Å². The van der Waals surface area contributed by atoms with Crippen molar-refractivity contribution in [2.24, 2.45) is 11.8 Å². The molecule has 2 spiro atoms. The Kier molecular flexibility index (Phi) is 9.55. The van der Waals surface area contributed by atoms with Crippen molar-refractivity contribution in [3.8, 4) is 34.5 Å². The molecule has 282 valence electrons. The van der Waals surface area contributed by atoms with E-state index >= 15 is 0 Å². The molecule has 2 aliphatic heterocycles. The number of halogens is 2. The molecule has 0 bridgehead atoms. The highest BCUT2D eigenvalue weighted by atomic mass is 35.5. The van der Waals surface area contributed by atoms with Crippen molar-refractivity contribution in [2.75, 3.05) is 28.4 Å². The smallest absolute Gasteiger partial charge is 0.231 e. The molecule has 0 saturated heterocycles. The highest BCUT2D eigenvalue weighted by Gasteiger charge is 2.61. The second-order valence-corrected chi connectivity index (χ2v) is 14.2. The molecular formula is C40H36Cl2O12. The van der Waals surface area contributed by atoms with Crippen LogP contribution in [0, 0.1) is 11.8 Å². The summed E-state index contributed by atoms with van der Waals surface area (Å²) >= 11 is 13.2. The number of carbonyl (C=O) groups excluding carboxylic acids is 4. The van der Waals surface area contributed by atoms with Crippen LogP contribution in [0.3, 0.4) is 0 Å². The van der Waals surface area contributed by atoms with Crippen molar-refractivity contribution in [1.82, 2.24) is 0 Å². The first-order chi connectivity index (χ1) is 25.8. The zero-order valence-corrected chi connectivity index (χ0v) is 31.8. The van der Waals surface area contributed by atoms with Gasteiger partial charge >= 0.3 is 0 Å². The van der Waals surface area contributed by atoms with Crippen LogP contribution in [-0.2, 0) is 32.3 Å². The lowest BCUT2D eigenvalue weighted by molar-refractivity contribution is -0.119. The first kappa shape index (κ1) is 37.1. The topological polar surface area (TPSA) is 142 Å². The molecule has 0 N–H and O–H groups in total. The molecule has 0 fully saturated rings. The predicted molar refractivity (Wildman–Crippen MR) is 194 cm³/mol. The van der Waals surface area contributed by atoms with Crippen molar-refractivity contribution in [3.63, 3.8) is 0 Å². The summed E-state index contributed by atoms with van der Waals surface area (Å²) in [5.74, 6) is -1.20. The van der Waals surface area contributed by atoms with E-state index in [4.69, 9.17) is 61.1 Å². The highest BCUT2D eigenvalue weighted by molar-refractivity contribution is 6.35. The van der Waals surface area contributed by atoms with Crippen LogP contribution in [0.1, 0.15) is 58.5 Å². The summed E-state index contributed by atoms with van der Waals surface area (Å²) in [4.78, 5) is 53.9. The number of methoxy groups -OCH3 is 4.